The maximum atomic E-state index is 12.2. The molecule has 0 radical (unpaired) electrons. The van der Waals surface area contributed by atoms with E-state index >= 15 is 0 Å². The van der Waals surface area contributed by atoms with Gasteiger partial charge in [0.1, 0.15) is 5.76 Å². The number of hydrogen-bond acceptors (Lipinski definition) is 6. The van der Waals surface area contributed by atoms with Gasteiger partial charge >= 0.3 is 0 Å². The fourth-order valence-corrected chi connectivity index (χ4v) is 3.23. The average Bonchev–Trinajstić information content (AvgIpc) is 2.85. The Bertz CT molecular complexity index is 816. The largest absolute Gasteiger partial charge is 0.361 e. The van der Waals surface area contributed by atoms with Crippen molar-refractivity contribution in [2.75, 3.05) is 18.4 Å². The van der Waals surface area contributed by atoms with Crippen LogP contribution in [0.5, 0.6) is 0 Å². The van der Waals surface area contributed by atoms with E-state index in [0.717, 1.165) is 5.56 Å². The number of anilines is 1. The number of carbonyl (C=O) groups is 1. The van der Waals surface area contributed by atoms with E-state index in [0.29, 0.717) is 17.1 Å². The lowest BCUT2D eigenvalue weighted by molar-refractivity contribution is -0.115. The van der Waals surface area contributed by atoms with Gasteiger partial charge in [0.25, 0.3) is 0 Å². The van der Waals surface area contributed by atoms with E-state index in [9.17, 15) is 13.2 Å². The number of nitrogens with one attached hydrogen (secondary N) is 2. The first kappa shape index (κ1) is 21.1. The topological polar surface area (TPSA) is 127 Å². The van der Waals surface area contributed by atoms with Crippen LogP contribution in [0.4, 0.5) is 5.69 Å². The SMILES string of the molecule is Cc1noc(C)c1CC(=O)Nc1cccc(S(=O)(=O)NCCN)c1.Cl. The molecule has 1 aromatic heterocycles. The van der Waals surface area contributed by atoms with Crippen LogP contribution in [-0.2, 0) is 21.2 Å². The van der Waals surface area contributed by atoms with Gasteiger partial charge in [-0.05, 0) is 32.0 Å². The van der Waals surface area contributed by atoms with Gasteiger partial charge in [0.2, 0.25) is 15.9 Å². The molecular weight excluding hydrogens is 368 g/mol. The fourth-order valence-electron chi connectivity index (χ4n) is 2.14. The second-order valence-corrected chi connectivity index (χ2v) is 7.01. The molecule has 10 heteroatoms. The number of aryl methyl sites for hydroxylation is 2. The van der Waals surface area contributed by atoms with E-state index in [-0.39, 0.29) is 42.7 Å². The van der Waals surface area contributed by atoms with Crippen LogP contribution in [0.1, 0.15) is 17.0 Å². The third-order valence-corrected chi connectivity index (χ3v) is 4.84. The molecule has 138 valence electrons. The summed E-state index contributed by atoms with van der Waals surface area (Å²) in [7, 11) is -3.65. The van der Waals surface area contributed by atoms with Crippen LogP contribution < -0.4 is 15.8 Å². The first-order valence-corrected chi connectivity index (χ1v) is 8.83. The monoisotopic (exact) mass is 388 g/mol. The van der Waals surface area contributed by atoms with Gasteiger partial charge in [-0.1, -0.05) is 11.2 Å². The number of amides is 1. The molecule has 25 heavy (non-hydrogen) atoms. The molecule has 1 amide bonds. The van der Waals surface area contributed by atoms with Crippen LogP contribution in [0.3, 0.4) is 0 Å². The third kappa shape index (κ3) is 5.53. The smallest absolute Gasteiger partial charge is 0.240 e. The number of hydrogen-bond donors (Lipinski definition) is 3. The second kappa shape index (κ2) is 8.95. The van der Waals surface area contributed by atoms with E-state index in [1.165, 1.54) is 12.1 Å². The minimum atomic E-state index is -3.65. The molecule has 0 saturated heterocycles. The van der Waals surface area contributed by atoms with Gasteiger partial charge in [-0.3, -0.25) is 4.79 Å². The highest BCUT2D eigenvalue weighted by molar-refractivity contribution is 7.89. The summed E-state index contributed by atoms with van der Waals surface area (Å²) in [5.41, 5.74) is 7.07. The highest BCUT2D eigenvalue weighted by Crippen LogP contribution is 2.17. The van der Waals surface area contributed by atoms with Gasteiger partial charge < -0.3 is 15.6 Å². The Morgan fingerprint density at radius 1 is 1.32 bits per heavy atom. The summed E-state index contributed by atoms with van der Waals surface area (Å²) in [6.45, 7) is 3.84. The number of nitrogens with zero attached hydrogens (tertiary/aromatic N) is 1. The maximum absolute atomic E-state index is 12.2. The maximum Gasteiger partial charge on any atom is 0.240 e. The number of sulfonamides is 1. The molecule has 0 bridgehead atoms. The first-order valence-electron chi connectivity index (χ1n) is 7.35. The van der Waals surface area contributed by atoms with E-state index < -0.39 is 10.0 Å². The average molecular weight is 389 g/mol. The summed E-state index contributed by atoms with van der Waals surface area (Å²) in [4.78, 5) is 12.2. The van der Waals surface area contributed by atoms with Crippen molar-refractivity contribution in [3.8, 4) is 0 Å². The molecule has 0 atom stereocenters. The molecule has 0 unspecified atom stereocenters. The molecule has 1 aromatic carbocycles. The standard InChI is InChI=1S/C15H20N4O4S.ClH/c1-10-14(11(2)23-19-10)9-15(20)18-12-4-3-5-13(8-12)24(21,22)17-7-6-16;/h3-5,8,17H,6-7,9,16H2,1-2H3,(H,18,20);1H. The lowest BCUT2D eigenvalue weighted by Gasteiger charge is -2.09. The predicted octanol–water partition coefficient (Wildman–Crippen LogP) is 1.13. The second-order valence-electron chi connectivity index (χ2n) is 5.24. The zero-order valence-electron chi connectivity index (χ0n) is 13.9. The molecule has 2 rings (SSSR count). The Morgan fingerprint density at radius 2 is 2.04 bits per heavy atom. The van der Waals surface area contributed by atoms with Crippen LogP contribution in [0.2, 0.25) is 0 Å². The number of nitrogens with two attached hydrogens (primary N) is 1. The minimum Gasteiger partial charge on any atom is -0.361 e. The van der Waals surface area contributed by atoms with Gasteiger partial charge in [-0.2, -0.15) is 0 Å². The van der Waals surface area contributed by atoms with Crippen LogP contribution in [0.15, 0.2) is 33.7 Å². The van der Waals surface area contributed by atoms with Crippen molar-refractivity contribution in [1.29, 1.82) is 0 Å². The van der Waals surface area contributed by atoms with Gasteiger partial charge in [0, 0.05) is 24.3 Å². The van der Waals surface area contributed by atoms with Gasteiger partial charge in [-0.15, -0.1) is 12.4 Å². The Kier molecular flexibility index (Phi) is 7.56. The highest BCUT2D eigenvalue weighted by Gasteiger charge is 2.16. The van der Waals surface area contributed by atoms with E-state index in [4.69, 9.17) is 10.3 Å². The molecule has 4 N–H and O–H groups in total. The molecule has 0 fully saturated rings. The van der Waals surface area contributed by atoms with Crippen molar-refractivity contribution in [1.82, 2.24) is 9.88 Å². The third-order valence-electron chi connectivity index (χ3n) is 3.38. The van der Waals surface area contributed by atoms with Crippen LogP contribution in [0, 0.1) is 13.8 Å². The Hall–Kier alpha value is -1.94. The van der Waals surface area contributed by atoms with Crippen LogP contribution >= 0.6 is 12.4 Å². The van der Waals surface area contributed by atoms with Gasteiger partial charge in [0.05, 0.1) is 17.0 Å². The predicted molar refractivity (Wildman–Crippen MR) is 96.2 cm³/mol. The van der Waals surface area contributed by atoms with Crippen molar-refractivity contribution < 1.29 is 17.7 Å². The number of benzene rings is 1. The Balaban J connectivity index is 0.00000312. The molecular formula is C15H21ClN4O4S. The van der Waals surface area contributed by atoms with Crippen LogP contribution in [0.25, 0.3) is 0 Å². The van der Waals surface area contributed by atoms with Crippen molar-refractivity contribution in [3.63, 3.8) is 0 Å². The molecule has 0 aliphatic heterocycles. The zero-order chi connectivity index (χ0) is 17.7. The van der Waals surface area contributed by atoms with E-state index in [2.05, 4.69) is 15.2 Å². The van der Waals surface area contributed by atoms with Gasteiger partial charge in [0.15, 0.2) is 0 Å². The summed E-state index contributed by atoms with van der Waals surface area (Å²) < 4.78 is 31.5. The zero-order valence-corrected chi connectivity index (χ0v) is 15.5. The van der Waals surface area contributed by atoms with Crippen molar-refractivity contribution in [2.24, 2.45) is 5.73 Å². The number of carbonyl (C=O) groups excluding carboxylic acids is 1. The van der Waals surface area contributed by atoms with Crippen molar-refractivity contribution in [3.05, 3.63) is 41.3 Å². The first-order chi connectivity index (χ1) is 11.3. The molecule has 0 spiro atoms. The summed E-state index contributed by atoms with van der Waals surface area (Å²) in [5.74, 6) is 0.304. The molecule has 8 nitrogen and oxygen atoms in total. The Morgan fingerprint density at radius 3 is 2.64 bits per heavy atom. The minimum absolute atomic E-state index is 0. The summed E-state index contributed by atoms with van der Waals surface area (Å²) in [6, 6.07) is 6.02. The molecule has 0 aliphatic rings. The van der Waals surface area contributed by atoms with Crippen LogP contribution in [-0.4, -0.2) is 32.6 Å². The van der Waals surface area contributed by atoms with E-state index in [1.807, 2.05) is 0 Å². The fraction of sp³-hybridized carbons (Fsp3) is 0.333. The van der Waals surface area contributed by atoms with E-state index in [1.54, 1.807) is 26.0 Å². The lowest BCUT2D eigenvalue weighted by Crippen LogP contribution is -2.29. The Labute approximate surface area is 152 Å². The van der Waals surface area contributed by atoms with Gasteiger partial charge in [-0.25, -0.2) is 13.1 Å². The quantitative estimate of drug-likeness (QED) is 0.652. The van der Waals surface area contributed by atoms with Crippen molar-refractivity contribution in [2.45, 2.75) is 25.2 Å². The van der Waals surface area contributed by atoms with Crippen molar-refractivity contribution >= 4 is 34.0 Å². The number of rotatable bonds is 7. The number of aromatic nitrogens is 1. The normalized spacial score (nSPS) is 11.0. The molecule has 1 heterocycles. The summed E-state index contributed by atoms with van der Waals surface area (Å²) >= 11 is 0. The molecule has 0 saturated carbocycles. The number of halogens is 1. The highest BCUT2D eigenvalue weighted by atomic mass is 35.5. The summed E-state index contributed by atoms with van der Waals surface area (Å²) in [5, 5.41) is 6.48. The molecule has 2 aromatic rings. The summed E-state index contributed by atoms with van der Waals surface area (Å²) in [6.07, 6.45) is 0.101. The lowest BCUT2D eigenvalue weighted by atomic mass is 10.1. The molecule has 0 aliphatic carbocycles.